The zero-order valence-electron chi connectivity index (χ0n) is 9.28. The minimum absolute atomic E-state index is 0.377. The number of hydrogen-bond donors (Lipinski definition) is 0. The van der Waals surface area contributed by atoms with Gasteiger partial charge in [-0.2, -0.15) is 0 Å². The average molecular weight is 217 g/mol. The second kappa shape index (κ2) is 3.85. The van der Waals surface area contributed by atoms with Crippen LogP contribution in [-0.2, 0) is 17.6 Å². The van der Waals surface area contributed by atoms with Gasteiger partial charge in [0, 0.05) is 37.2 Å². The van der Waals surface area contributed by atoms with E-state index in [-0.39, 0.29) is 0 Å². The number of hydrogen-bond acceptors (Lipinski definition) is 4. The first-order valence-corrected chi connectivity index (χ1v) is 5.94. The van der Waals surface area contributed by atoms with E-state index in [0.29, 0.717) is 18.6 Å². The van der Waals surface area contributed by atoms with E-state index in [4.69, 9.17) is 0 Å². The SMILES string of the molecule is O=C1CCN(c2ncnc3c2CCC3)CC1. The number of piperidine rings is 1. The van der Waals surface area contributed by atoms with Crippen molar-refractivity contribution in [1.29, 1.82) is 0 Å². The molecule has 84 valence electrons. The van der Waals surface area contributed by atoms with Crippen molar-refractivity contribution >= 4 is 11.6 Å². The molecular formula is C12H15N3O. The smallest absolute Gasteiger partial charge is 0.136 e. The Balaban J connectivity index is 1.89. The van der Waals surface area contributed by atoms with Crippen LogP contribution in [0, 0.1) is 0 Å². The molecule has 1 fully saturated rings. The number of ketones is 1. The average Bonchev–Trinajstić information content (AvgIpc) is 2.78. The van der Waals surface area contributed by atoms with Crippen LogP contribution < -0.4 is 4.90 Å². The van der Waals surface area contributed by atoms with E-state index in [1.54, 1.807) is 6.33 Å². The summed E-state index contributed by atoms with van der Waals surface area (Å²) in [5.74, 6) is 1.46. The molecule has 4 heteroatoms. The fourth-order valence-electron chi connectivity index (χ4n) is 2.58. The van der Waals surface area contributed by atoms with E-state index < -0.39 is 0 Å². The molecule has 1 aromatic rings. The molecule has 16 heavy (non-hydrogen) atoms. The van der Waals surface area contributed by atoms with E-state index >= 15 is 0 Å². The Morgan fingerprint density at radius 1 is 1.06 bits per heavy atom. The zero-order chi connectivity index (χ0) is 11.0. The van der Waals surface area contributed by atoms with E-state index in [0.717, 1.165) is 31.7 Å². The van der Waals surface area contributed by atoms with Gasteiger partial charge < -0.3 is 4.90 Å². The lowest BCUT2D eigenvalue weighted by atomic mass is 10.1. The van der Waals surface area contributed by atoms with Gasteiger partial charge in [0.05, 0.1) is 0 Å². The molecule has 0 unspecified atom stereocenters. The molecule has 4 nitrogen and oxygen atoms in total. The summed E-state index contributed by atoms with van der Waals surface area (Å²) in [6, 6.07) is 0. The first-order chi connectivity index (χ1) is 7.84. The number of fused-ring (bicyclic) bond motifs is 1. The van der Waals surface area contributed by atoms with Crippen LogP contribution in [0.1, 0.15) is 30.5 Å². The number of carbonyl (C=O) groups is 1. The predicted octanol–water partition coefficient (Wildman–Crippen LogP) is 1.13. The Kier molecular flexibility index (Phi) is 2.35. The van der Waals surface area contributed by atoms with Crippen LogP contribution >= 0.6 is 0 Å². The molecule has 2 heterocycles. The monoisotopic (exact) mass is 217 g/mol. The molecule has 1 saturated heterocycles. The van der Waals surface area contributed by atoms with E-state index in [2.05, 4.69) is 14.9 Å². The Morgan fingerprint density at radius 2 is 1.88 bits per heavy atom. The number of nitrogens with zero attached hydrogens (tertiary/aromatic N) is 3. The van der Waals surface area contributed by atoms with Crippen molar-refractivity contribution in [2.24, 2.45) is 0 Å². The van der Waals surface area contributed by atoms with Crippen LogP contribution in [0.2, 0.25) is 0 Å². The van der Waals surface area contributed by atoms with Gasteiger partial charge in [-0.1, -0.05) is 0 Å². The molecule has 1 aliphatic carbocycles. The summed E-state index contributed by atoms with van der Waals surface area (Å²) < 4.78 is 0. The minimum Gasteiger partial charge on any atom is -0.355 e. The molecular weight excluding hydrogens is 202 g/mol. The van der Waals surface area contributed by atoms with Crippen molar-refractivity contribution in [2.45, 2.75) is 32.1 Å². The highest BCUT2D eigenvalue weighted by atomic mass is 16.1. The molecule has 0 amide bonds. The van der Waals surface area contributed by atoms with Crippen molar-refractivity contribution in [2.75, 3.05) is 18.0 Å². The molecule has 0 atom stereocenters. The first-order valence-electron chi connectivity index (χ1n) is 5.94. The Morgan fingerprint density at radius 3 is 2.69 bits per heavy atom. The fourth-order valence-corrected chi connectivity index (χ4v) is 2.58. The molecule has 3 rings (SSSR count). The van der Waals surface area contributed by atoms with Crippen LogP contribution in [0.3, 0.4) is 0 Å². The molecule has 0 bridgehead atoms. The third-order valence-electron chi connectivity index (χ3n) is 3.47. The summed E-state index contributed by atoms with van der Waals surface area (Å²) in [6.07, 6.45) is 6.36. The second-order valence-electron chi connectivity index (χ2n) is 4.50. The molecule has 0 spiro atoms. The lowest BCUT2D eigenvalue weighted by molar-refractivity contribution is -0.119. The normalized spacial score (nSPS) is 20.0. The molecule has 1 aliphatic heterocycles. The highest BCUT2D eigenvalue weighted by Gasteiger charge is 2.23. The standard InChI is InChI=1S/C12H15N3O/c16-9-4-6-15(7-5-9)12-10-2-1-3-11(10)13-8-14-12/h8H,1-7H2. The van der Waals surface area contributed by atoms with Gasteiger partial charge in [-0.25, -0.2) is 9.97 Å². The summed E-state index contributed by atoms with van der Waals surface area (Å²) in [5, 5.41) is 0. The minimum atomic E-state index is 0.377. The number of aromatic nitrogens is 2. The van der Waals surface area contributed by atoms with Gasteiger partial charge in [-0.15, -0.1) is 0 Å². The van der Waals surface area contributed by atoms with Crippen molar-refractivity contribution in [3.8, 4) is 0 Å². The second-order valence-corrected chi connectivity index (χ2v) is 4.50. The Hall–Kier alpha value is -1.45. The van der Waals surface area contributed by atoms with Gasteiger partial charge in [0.25, 0.3) is 0 Å². The van der Waals surface area contributed by atoms with Gasteiger partial charge in [-0.3, -0.25) is 4.79 Å². The quantitative estimate of drug-likeness (QED) is 0.707. The first kappa shape index (κ1) is 9.75. The fraction of sp³-hybridized carbons (Fsp3) is 0.583. The van der Waals surface area contributed by atoms with Crippen LogP contribution in [-0.4, -0.2) is 28.8 Å². The number of Topliss-reactive ketones (excluding diaryl/α,β-unsaturated/α-hetero) is 1. The molecule has 0 aromatic carbocycles. The molecule has 1 aromatic heterocycles. The summed E-state index contributed by atoms with van der Waals surface area (Å²) in [6.45, 7) is 1.64. The van der Waals surface area contributed by atoms with Crippen molar-refractivity contribution < 1.29 is 4.79 Å². The van der Waals surface area contributed by atoms with Gasteiger partial charge in [0.15, 0.2) is 0 Å². The highest BCUT2D eigenvalue weighted by Crippen LogP contribution is 2.28. The summed E-state index contributed by atoms with van der Waals surface area (Å²) in [5.41, 5.74) is 2.53. The van der Waals surface area contributed by atoms with E-state index in [1.807, 2.05) is 0 Å². The van der Waals surface area contributed by atoms with Gasteiger partial charge in [-0.05, 0) is 19.3 Å². The summed E-state index contributed by atoms with van der Waals surface area (Å²) in [7, 11) is 0. The largest absolute Gasteiger partial charge is 0.355 e. The highest BCUT2D eigenvalue weighted by molar-refractivity contribution is 5.81. The molecule has 0 radical (unpaired) electrons. The van der Waals surface area contributed by atoms with Gasteiger partial charge in [0.1, 0.15) is 17.9 Å². The van der Waals surface area contributed by atoms with Crippen LogP contribution in [0.15, 0.2) is 6.33 Å². The maximum Gasteiger partial charge on any atom is 0.136 e. The number of aryl methyl sites for hydroxylation is 1. The summed E-state index contributed by atoms with van der Waals surface area (Å²) >= 11 is 0. The third-order valence-corrected chi connectivity index (χ3v) is 3.47. The molecule has 0 saturated carbocycles. The van der Waals surface area contributed by atoms with Crippen molar-refractivity contribution in [3.63, 3.8) is 0 Å². The zero-order valence-corrected chi connectivity index (χ0v) is 9.28. The van der Waals surface area contributed by atoms with Crippen LogP contribution in [0.5, 0.6) is 0 Å². The summed E-state index contributed by atoms with van der Waals surface area (Å²) in [4.78, 5) is 22.2. The van der Waals surface area contributed by atoms with E-state index in [9.17, 15) is 4.79 Å². The van der Waals surface area contributed by atoms with Gasteiger partial charge >= 0.3 is 0 Å². The lowest BCUT2D eigenvalue weighted by Crippen LogP contribution is -2.35. The molecule has 2 aliphatic rings. The lowest BCUT2D eigenvalue weighted by Gasteiger charge is -2.28. The topological polar surface area (TPSA) is 46.1 Å². The predicted molar refractivity (Wildman–Crippen MR) is 60.5 cm³/mol. The van der Waals surface area contributed by atoms with Gasteiger partial charge in [0.2, 0.25) is 0 Å². The van der Waals surface area contributed by atoms with Crippen molar-refractivity contribution in [3.05, 3.63) is 17.6 Å². The van der Waals surface area contributed by atoms with Crippen LogP contribution in [0.25, 0.3) is 0 Å². The Labute approximate surface area is 94.7 Å². The van der Waals surface area contributed by atoms with Crippen molar-refractivity contribution in [1.82, 2.24) is 9.97 Å². The Bertz CT molecular complexity index is 420. The third kappa shape index (κ3) is 1.58. The number of carbonyl (C=O) groups excluding carboxylic acids is 1. The maximum atomic E-state index is 11.2. The number of anilines is 1. The van der Waals surface area contributed by atoms with E-state index in [1.165, 1.54) is 17.7 Å². The number of rotatable bonds is 1. The maximum absolute atomic E-state index is 11.2. The molecule has 0 N–H and O–H groups in total. The van der Waals surface area contributed by atoms with Crippen LogP contribution in [0.4, 0.5) is 5.82 Å².